The topological polar surface area (TPSA) is 61.0 Å². The van der Waals surface area contributed by atoms with Crippen molar-refractivity contribution in [1.29, 1.82) is 0 Å². The number of benzene rings is 1. The predicted molar refractivity (Wildman–Crippen MR) is 98.6 cm³/mol. The minimum Gasteiger partial charge on any atom is -0.337 e. The average Bonchev–Trinajstić information content (AvgIpc) is 3.06. The fourth-order valence-electron chi connectivity index (χ4n) is 3.10. The molecule has 5 nitrogen and oxygen atoms in total. The second-order valence-corrected chi connectivity index (χ2v) is 6.33. The molecule has 1 amide bonds. The standard InChI is InChI=1S/C18H24N4O.ClH/c1-13-3-5-15(6-4-13)16-11-17(21-20-16)18(23)22-9-7-14(8-10-22)12-19-2;/h3-6,11,14,19H,7-10,12H2,1-2H3,(H,20,21);1H. The predicted octanol–water partition coefficient (Wildman–Crippen LogP) is 2.88. The van der Waals surface area contributed by atoms with E-state index in [-0.39, 0.29) is 18.3 Å². The molecule has 0 atom stereocenters. The van der Waals surface area contributed by atoms with Gasteiger partial charge in [-0.1, -0.05) is 29.8 Å². The van der Waals surface area contributed by atoms with Crippen LogP contribution in [0.2, 0.25) is 0 Å². The van der Waals surface area contributed by atoms with Gasteiger partial charge in [0.1, 0.15) is 5.69 Å². The highest BCUT2D eigenvalue weighted by molar-refractivity contribution is 5.93. The van der Waals surface area contributed by atoms with Crippen molar-refractivity contribution in [3.8, 4) is 11.3 Å². The van der Waals surface area contributed by atoms with E-state index in [1.165, 1.54) is 5.56 Å². The van der Waals surface area contributed by atoms with Crippen LogP contribution in [-0.2, 0) is 0 Å². The Balaban J connectivity index is 0.00000208. The fraction of sp³-hybridized carbons (Fsp3) is 0.444. The van der Waals surface area contributed by atoms with Crippen LogP contribution in [-0.4, -0.2) is 47.7 Å². The minimum atomic E-state index is 0. The van der Waals surface area contributed by atoms with Gasteiger partial charge in [-0.15, -0.1) is 12.4 Å². The van der Waals surface area contributed by atoms with Gasteiger partial charge < -0.3 is 10.2 Å². The van der Waals surface area contributed by atoms with Crippen molar-refractivity contribution in [2.24, 2.45) is 5.92 Å². The van der Waals surface area contributed by atoms with Gasteiger partial charge in [-0.25, -0.2) is 0 Å². The summed E-state index contributed by atoms with van der Waals surface area (Å²) in [5.41, 5.74) is 3.63. The Kier molecular flexibility index (Phi) is 6.40. The first-order valence-electron chi connectivity index (χ1n) is 8.23. The van der Waals surface area contributed by atoms with Crippen molar-refractivity contribution in [3.05, 3.63) is 41.6 Å². The van der Waals surface area contributed by atoms with E-state index in [0.29, 0.717) is 11.6 Å². The molecule has 0 saturated carbocycles. The fourth-order valence-corrected chi connectivity index (χ4v) is 3.10. The Morgan fingerprint density at radius 2 is 1.96 bits per heavy atom. The Labute approximate surface area is 149 Å². The minimum absolute atomic E-state index is 0. The van der Waals surface area contributed by atoms with E-state index in [9.17, 15) is 4.79 Å². The van der Waals surface area contributed by atoms with Crippen molar-refractivity contribution in [2.45, 2.75) is 19.8 Å². The van der Waals surface area contributed by atoms with Gasteiger partial charge >= 0.3 is 0 Å². The van der Waals surface area contributed by atoms with E-state index in [1.807, 2.05) is 30.1 Å². The molecule has 6 heteroatoms. The maximum absolute atomic E-state index is 12.6. The van der Waals surface area contributed by atoms with Crippen molar-refractivity contribution < 1.29 is 4.79 Å². The molecule has 130 valence electrons. The third-order valence-corrected chi connectivity index (χ3v) is 4.55. The van der Waals surface area contributed by atoms with Crippen LogP contribution in [0.5, 0.6) is 0 Å². The zero-order valence-corrected chi connectivity index (χ0v) is 15.0. The Hall–Kier alpha value is -1.85. The highest BCUT2D eigenvalue weighted by Crippen LogP contribution is 2.21. The Morgan fingerprint density at radius 1 is 1.29 bits per heavy atom. The van der Waals surface area contributed by atoms with Crippen LogP contribution >= 0.6 is 12.4 Å². The summed E-state index contributed by atoms with van der Waals surface area (Å²) in [7, 11) is 1.98. The lowest BCUT2D eigenvalue weighted by Crippen LogP contribution is -2.40. The molecule has 2 aromatic rings. The van der Waals surface area contributed by atoms with E-state index in [1.54, 1.807) is 0 Å². The van der Waals surface area contributed by atoms with Gasteiger partial charge in [-0.3, -0.25) is 9.89 Å². The molecule has 0 aliphatic carbocycles. The first-order chi connectivity index (χ1) is 11.2. The number of nitrogens with one attached hydrogen (secondary N) is 2. The quantitative estimate of drug-likeness (QED) is 0.893. The molecule has 3 rings (SSSR count). The van der Waals surface area contributed by atoms with Gasteiger partial charge in [-0.2, -0.15) is 5.10 Å². The number of carbonyl (C=O) groups excluding carboxylic acids is 1. The third-order valence-electron chi connectivity index (χ3n) is 4.55. The van der Waals surface area contributed by atoms with Crippen LogP contribution in [0.25, 0.3) is 11.3 Å². The number of aryl methyl sites for hydroxylation is 1. The zero-order valence-electron chi connectivity index (χ0n) is 14.2. The average molecular weight is 349 g/mol. The highest BCUT2D eigenvalue weighted by Gasteiger charge is 2.24. The van der Waals surface area contributed by atoms with E-state index in [4.69, 9.17) is 0 Å². The molecule has 0 unspecified atom stereocenters. The summed E-state index contributed by atoms with van der Waals surface area (Å²) in [4.78, 5) is 14.5. The lowest BCUT2D eigenvalue weighted by molar-refractivity contribution is 0.0685. The summed E-state index contributed by atoms with van der Waals surface area (Å²) >= 11 is 0. The number of rotatable bonds is 4. The molecule has 1 aromatic heterocycles. The van der Waals surface area contributed by atoms with Gasteiger partial charge in [0.25, 0.3) is 5.91 Å². The van der Waals surface area contributed by atoms with E-state index < -0.39 is 0 Å². The van der Waals surface area contributed by atoms with Gasteiger partial charge in [0.2, 0.25) is 0 Å². The molecule has 0 radical (unpaired) electrons. The smallest absolute Gasteiger partial charge is 0.271 e. The highest BCUT2D eigenvalue weighted by atomic mass is 35.5. The Morgan fingerprint density at radius 3 is 2.58 bits per heavy atom. The van der Waals surface area contributed by atoms with Gasteiger partial charge in [0.05, 0.1) is 5.69 Å². The summed E-state index contributed by atoms with van der Waals surface area (Å²) in [5.74, 6) is 0.729. The summed E-state index contributed by atoms with van der Waals surface area (Å²) in [6.07, 6.45) is 2.12. The lowest BCUT2D eigenvalue weighted by atomic mass is 9.96. The number of nitrogens with zero attached hydrogens (tertiary/aromatic N) is 2. The van der Waals surface area contributed by atoms with Gasteiger partial charge in [0, 0.05) is 18.7 Å². The van der Waals surface area contributed by atoms with Crippen LogP contribution in [0.1, 0.15) is 28.9 Å². The monoisotopic (exact) mass is 348 g/mol. The van der Waals surface area contributed by atoms with Gasteiger partial charge in [-0.05, 0) is 45.3 Å². The molecule has 1 saturated heterocycles. The summed E-state index contributed by atoms with van der Waals surface area (Å²) in [6.45, 7) is 4.73. The van der Waals surface area contributed by atoms with Crippen LogP contribution in [0, 0.1) is 12.8 Å². The molecule has 2 N–H and O–H groups in total. The van der Waals surface area contributed by atoms with E-state index >= 15 is 0 Å². The molecular weight excluding hydrogens is 324 g/mol. The molecule has 1 aliphatic rings. The first kappa shape index (κ1) is 18.5. The maximum Gasteiger partial charge on any atom is 0.271 e. The first-order valence-corrected chi connectivity index (χ1v) is 8.23. The third kappa shape index (κ3) is 4.16. The molecule has 24 heavy (non-hydrogen) atoms. The van der Waals surface area contributed by atoms with Crippen LogP contribution < -0.4 is 5.32 Å². The number of amides is 1. The SMILES string of the molecule is CNCC1CCN(C(=O)c2cc(-c3ccc(C)cc3)n[nH]2)CC1.Cl. The van der Waals surface area contributed by atoms with Crippen molar-refractivity contribution >= 4 is 18.3 Å². The molecule has 0 bridgehead atoms. The van der Waals surface area contributed by atoms with Crippen LogP contribution in [0.15, 0.2) is 30.3 Å². The van der Waals surface area contributed by atoms with E-state index in [0.717, 1.165) is 43.7 Å². The number of halogens is 1. The zero-order chi connectivity index (χ0) is 16.2. The normalized spacial score (nSPS) is 15.2. The molecule has 1 aromatic carbocycles. The lowest BCUT2D eigenvalue weighted by Gasteiger charge is -2.31. The van der Waals surface area contributed by atoms with Crippen molar-refractivity contribution in [1.82, 2.24) is 20.4 Å². The molecular formula is C18H25ClN4O. The second kappa shape index (κ2) is 8.31. The van der Waals surface area contributed by atoms with Crippen LogP contribution in [0.4, 0.5) is 0 Å². The molecule has 1 fully saturated rings. The summed E-state index contributed by atoms with van der Waals surface area (Å²) in [6, 6.07) is 10.0. The second-order valence-electron chi connectivity index (χ2n) is 6.33. The van der Waals surface area contributed by atoms with Crippen molar-refractivity contribution in [2.75, 3.05) is 26.7 Å². The van der Waals surface area contributed by atoms with Gasteiger partial charge in [0.15, 0.2) is 0 Å². The van der Waals surface area contributed by atoms with E-state index in [2.05, 4.69) is 34.6 Å². The van der Waals surface area contributed by atoms with Crippen LogP contribution in [0.3, 0.4) is 0 Å². The maximum atomic E-state index is 12.6. The van der Waals surface area contributed by atoms with Crippen molar-refractivity contribution in [3.63, 3.8) is 0 Å². The number of likely N-dealkylation sites (tertiary alicyclic amines) is 1. The summed E-state index contributed by atoms with van der Waals surface area (Å²) < 4.78 is 0. The number of carbonyl (C=O) groups is 1. The number of hydrogen-bond donors (Lipinski definition) is 2. The number of hydrogen-bond acceptors (Lipinski definition) is 3. The number of aromatic nitrogens is 2. The number of H-pyrrole nitrogens is 1. The molecule has 2 heterocycles. The number of aromatic amines is 1. The molecule has 0 spiro atoms. The molecule has 1 aliphatic heterocycles. The number of piperidine rings is 1. The summed E-state index contributed by atoms with van der Waals surface area (Å²) in [5, 5.41) is 10.4. The largest absolute Gasteiger partial charge is 0.337 e. The Bertz CT molecular complexity index is 660.